The van der Waals surface area contributed by atoms with E-state index in [1.54, 1.807) is 23.5 Å². The molecular weight excluding hydrogens is 259 g/mol. The van der Waals surface area contributed by atoms with Gasteiger partial charge in [-0.05, 0) is 29.6 Å². The van der Waals surface area contributed by atoms with E-state index in [2.05, 4.69) is 25.2 Å². The van der Waals surface area contributed by atoms with Gasteiger partial charge in [0, 0.05) is 16.8 Å². The molecule has 0 saturated carbocycles. The third kappa shape index (κ3) is 3.12. The quantitative estimate of drug-likeness (QED) is 0.909. The lowest BCUT2D eigenvalue weighted by molar-refractivity contribution is 0.564. The molecule has 0 fully saturated rings. The molecule has 0 bridgehead atoms. The first-order valence-electron chi connectivity index (χ1n) is 6.00. The normalized spacial score (nSPS) is 11.1. The third-order valence-corrected chi connectivity index (χ3v) is 4.24. The van der Waals surface area contributed by atoms with E-state index in [9.17, 15) is 4.39 Å². The summed E-state index contributed by atoms with van der Waals surface area (Å²) in [7, 11) is 0. The zero-order valence-electron chi connectivity index (χ0n) is 10.9. The monoisotopic (exact) mass is 274 g/mol. The highest BCUT2D eigenvalue weighted by Crippen LogP contribution is 2.28. The van der Waals surface area contributed by atoms with Crippen LogP contribution < -0.4 is 5.32 Å². The molecule has 0 saturated heterocycles. The Morgan fingerprint density at radius 2 is 2.16 bits per heavy atom. The minimum absolute atomic E-state index is 0.0610. The Morgan fingerprint density at radius 1 is 1.37 bits per heavy atom. The number of nitrogens with zero attached hydrogens (tertiary/aromatic N) is 1. The Kier molecular flexibility index (Phi) is 3.87. The van der Waals surface area contributed by atoms with Gasteiger partial charge in [-0.15, -0.1) is 11.3 Å². The first kappa shape index (κ1) is 13.6. The highest BCUT2D eigenvalue weighted by molar-refractivity contribution is 7.10. The van der Waals surface area contributed by atoms with Crippen molar-refractivity contribution in [1.29, 1.82) is 5.26 Å². The van der Waals surface area contributed by atoms with Crippen LogP contribution in [0, 0.1) is 17.1 Å². The molecule has 2 aromatic rings. The van der Waals surface area contributed by atoms with Gasteiger partial charge in [-0.2, -0.15) is 5.26 Å². The fourth-order valence-corrected chi connectivity index (χ4v) is 2.65. The summed E-state index contributed by atoms with van der Waals surface area (Å²) in [4.78, 5) is 1.26. The van der Waals surface area contributed by atoms with Crippen molar-refractivity contribution in [2.75, 3.05) is 11.9 Å². The predicted octanol–water partition coefficient (Wildman–Crippen LogP) is 4.15. The second-order valence-corrected chi connectivity index (χ2v) is 5.97. The van der Waals surface area contributed by atoms with Gasteiger partial charge in [-0.25, -0.2) is 4.39 Å². The fraction of sp³-hybridized carbons (Fsp3) is 0.267. The van der Waals surface area contributed by atoms with Crippen LogP contribution in [0.4, 0.5) is 10.1 Å². The van der Waals surface area contributed by atoms with Crippen LogP contribution in [-0.2, 0) is 5.41 Å². The number of anilines is 1. The lowest BCUT2D eigenvalue weighted by atomic mass is 9.91. The summed E-state index contributed by atoms with van der Waals surface area (Å²) in [5.74, 6) is -0.388. The molecule has 1 heterocycles. The third-order valence-electron chi connectivity index (χ3n) is 3.01. The summed E-state index contributed by atoms with van der Waals surface area (Å²) in [5.41, 5.74) is 0.707. The van der Waals surface area contributed by atoms with Gasteiger partial charge in [-0.3, -0.25) is 0 Å². The Bertz CT molecular complexity index is 597. The lowest BCUT2D eigenvalue weighted by Crippen LogP contribution is -2.26. The maximum Gasteiger partial charge on any atom is 0.147 e. The smallest absolute Gasteiger partial charge is 0.147 e. The summed E-state index contributed by atoms with van der Waals surface area (Å²) in [6, 6.07) is 10.5. The second-order valence-electron chi connectivity index (χ2n) is 5.02. The van der Waals surface area contributed by atoms with Gasteiger partial charge in [0.25, 0.3) is 0 Å². The topological polar surface area (TPSA) is 35.8 Å². The molecule has 0 aliphatic carbocycles. The lowest BCUT2D eigenvalue weighted by Gasteiger charge is -2.24. The van der Waals surface area contributed by atoms with Crippen LogP contribution in [0.15, 0.2) is 35.7 Å². The number of nitriles is 1. The molecule has 0 aliphatic rings. The van der Waals surface area contributed by atoms with Crippen molar-refractivity contribution in [2.45, 2.75) is 19.3 Å². The highest BCUT2D eigenvalue weighted by Gasteiger charge is 2.21. The highest BCUT2D eigenvalue weighted by atomic mass is 32.1. The van der Waals surface area contributed by atoms with Crippen LogP contribution in [0.1, 0.15) is 24.3 Å². The maximum absolute atomic E-state index is 13.7. The average Bonchev–Trinajstić information content (AvgIpc) is 2.92. The van der Waals surface area contributed by atoms with Crippen LogP contribution in [0.5, 0.6) is 0 Å². The summed E-state index contributed by atoms with van der Waals surface area (Å²) >= 11 is 1.70. The molecule has 1 N–H and O–H groups in total. The van der Waals surface area contributed by atoms with Gasteiger partial charge < -0.3 is 5.32 Å². The van der Waals surface area contributed by atoms with Gasteiger partial charge in [-0.1, -0.05) is 19.9 Å². The number of nitrogens with one attached hydrogen (secondary N) is 1. The maximum atomic E-state index is 13.7. The number of halogens is 1. The summed E-state index contributed by atoms with van der Waals surface area (Å²) in [6.07, 6.45) is 0. The summed E-state index contributed by atoms with van der Waals surface area (Å²) < 4.78 is 13.7. The molecule has 0 amide bonds. The first-order chi connectivity index (χ1) is 9.03. The van der Waals surface area contributed by atoms with E-state index in [0.717, 1.165) is 0 Å². The minimum Gasteiger partial charge on any atom is -0.382 e. The van der Waals surface area contributed by atoms with E-state index in [1.807, 2.05) is 17.5 Å². The molecule has 98 valence electrons. The van der Waals surface area contributed by atoms with Gasteiger partial charge in [0.05, 0.1) is 17.3 Å². The molecule has 19 heavy (non-hydrogen) atoms. The number of hydrogen-bond acceptors (Lipinski definition) is 3. The van der Waals surface area contributed by atoms with Gasteiger partial charge in [0.2, 0.25) is 0 Å². The molecular formula is C15H15FN2S. The molecule has 4 heteroatoms. The number of thiophene rings is 1. The number of benzene rings is 1. The van der Waals surface area contributed by atoms with E-state index in [1.165, 1.54) is 10.9 Å². The van der Waals surface area contributed by atoms with E-state index in [-0.39, 0.29) is 11.2 Å². The van der Waals surface area contributed by atoms with Crippen LogP contribution in [0.25, 0.3) is 0 Å². The average molecular weight is 274 g/mol. The minimum atomic E-state index is -0.388. The Balaban J connectivity index is 2.09. The Morgan fingerprint density at radius 3 is 2.74 bits per heavy atom. The van der Waals surface area contributed by atoms with Crippen molar-refractivity contribution in [3.8, 4) is 6.07 Å². The first-order valence-corrected chi connectivity index (χ1v) is 6.88. The largest absolute Gasteiger partial charge is 0.382 e. The molecule has 2 nitrogen and oxygen atoms in total. The zero-order chi connectivity index (χ0) is 13.9. The molecule has 1 aromatic carbocycles. The van der Waals surface area contributed by atoms with Crippen molar-refractivity contribution in [3.05, 3.63) is 52.0 Å². The van der Waals surface area contributed by atoms with Gasteiger partial charge >= 0.3 is 0 Å². The standard InChI is InChI=1S/C15H15FN2S/c1-15(2,14-4-3-7-19-14)10-18-13-6-5-11(9-17)8-12(13)16/h3-8,18H,10H2,1-2H3. The van der Waals surface area contributed by atoms with Gasteiger partial charge in [0.1, 0.15) is 5.82 Å². The molecule has 0 radical (unpaired) electrons. The van der Waals surface area contributed by atoms with Crippen molar-refractivity contribution >= 4 is 17.0 Å². The number of hydrogen-bond donors (Lipinski definition) is 1. The van der Waals surface area contributed by atoms with Gasteiger partial charge in [0.15, 0.2) is 0 Å². The predicted molar refractivity (Wildman–Crippen MR) is 76.9 cm³/mol. The van der Waals surface area contributed by atoms with Crippen LogP contribution >= 0.6 is 11.3 Å². The van der Waals surface area contributed by atoms with E-state index >= 15 is 0 Å². The Hall–Kier alpha value is -1.86. The molecule has 0 unspecified atom stereocenters. The zero-order valence-corrected chi connectivity index (χ0v) is 11.7. The fourth-order valence-electron chi connectivity index (χ4n) is 1.79. The molecule has 0 spiro atoms. The Labute approximate surface area is 116 Å². The van der Waals surface area contributed by atoms with E-state index in [0.29, 0.717) is 17.8 Å². The van der Waals surface area contributed by atoms with E-state index in [4.69, 9.17) is 5.26 Å². The molecule has 0 aliphatic heterocycles. The van der Waals surface area contributed by atoms with Crippen molar-refractivity contribution in [1.82, 2.24) is 0 Å². The van der Waals surface area contributed by atoms with E-state index < -0.39 is 0 Å². The SMILES string of the molecule is CC(C)(CNc1ccc(C#N)cc1F)c1cccs1. The van der Waals surface area contributed by atoms with Crippen molar-refractivity contribution < 1.29 is 4.39 Å². The van der Waals surface area contributed by atoms with Crippen molar-refractivity contribution in [2.24, 2.45) is 0 Å². The van der Waals surface area contributed by atoms with Crippen LogP contribution in [0.3, 0.4) is 0 Å². The summed E-state index contributed by atoms with van der Waals surface area (Å²) in [6.45, 7) is 4.87. The number of rotatable bonds is 4. The summed E-state index contributed by atoms with van der Waals surface area (Å²) in [5, 5.41) is 13.9. The molecule has 2 rings (SSSR count). The second kappa shape index (κ2) is 5.41. The van der Waals surface area contributed by atoms with Crippen molar-refractivity contribution in [3.63, 3.8) is 0 Å². The molecule has 0 atom stereocenters. The van der Waals surface area contributed by atoms with Crippen LogP contribution in [0.2, 0.25) is 0 Å². The van der Waals surface area contributed by atoms with Crippen LogP contribution in [-0.4, -0.2) is 6.54 Å². The molecule has 1 aromatic heterocycles.